The Hall–Kier alpha value is -3.44. The molecule has 2 heterocycles. The second-order valence-electron chi connectivity index (χ2n) is 7.89. The quantitative estimate of drug-likeness (QED) is 0.474. The van der Waals surface area contributed by atoms with E-state index in [1.807, 2.05) is 0 Å². The largest absolute Gasteiger partial charge is 0.477 e. The van der Waals surface area contributed by atoms with Gasteiger partial charge in [0.2, 0.25) is 0 Å². The number of carboxylic acid groups (broad SMARTS) is 1. The molecule has 1 aliphatic rings. The molecule has 1 fully saturated rings. The summed E-state index contributed by atoms with van der Waals surface area (Å²) in [5.41, 5.74) is -1.08. The van der Waals surface area contributed by atoms with Gasteiger partial charge < -0.3 is 20.4 Å². The van der Waals surface area contributed by atoms with Crippen LogP contribution in [0.5, 0.6) is 0 Å². The van der Waals surface area contributed by atoms with Gasteiger partial charge in [0.1, 0.15) is 15.5 Å². The molecule has 0 unspecified atom stereocenters. The summed E-state index contributed by atoms with van der Waals surface area (Å²) in [5, 5.41) is 23.6. The fraction of sp³-hybridized carbons (Fsp3) is 0.261. The van der Waals surface area contributed by atoms with Crippen LogP contribution in [0, 0.1) is 0 Å². The van der Waals surface area contributed by atoms with Crippen molar-refractivity contribution in [1.29, 1.82) is 0 Å². The number of carboxylic acids is 1. The van der Waals surface area contributed by atoms with E-state index in [9.17, 15) is 33.0 Å². The third kappa shape index (κ3) is 4.90. The minimum absolute atomic E-state index is 0.0251. The first kappa shape index (κ1) is 23.7. The number of piperidine rings is 1. The second kappa shape index (κ2) is 9.07. The van der Waals surface area contributed by atoms with Gasteiger partial charge in [0.15, 0.2) is 0 Å². The third-order valence-electron chi connectivity index (χ3n) is 5.61. The Morgan fingerprint density at radius 2 is 1.65 bits per heavy atom. The highest BCUT2D eigenvalue weighted by Gasteiger charge is 2.39. The molecule has 11 heteroatoms. The SMILES string of the molecule is O=C(O)c1sc(C2(O)CCN(C(=O)Nc3ccc(C(F)(F)F)cc3)CC2)nc1-c1ccccc1. The van der Waals surface area contributed by atoms with Gasteiger partial charge in [-0.25, -0.2) is 14.6 Å². The predicted octanol–water partition coefficient (Wildman–Crippen LogP) is 5.04. The van der Waals surface area contributed by atoms with Crippen LogP contribution in [0.15, 0.2) is 54.6 Å². The van der Waals surface area contributed by atoms with E-state index in [1.165, 1.54) is 17.0 Å². The topological polar surface area (TPSA) is 103 Å². The molecule has 2 aromatic carbocycles. The van der Waals surface area contributed by atoms with Crippen LogP contribution in [0.4, 0.5) is 23.7 Å². The van der Waals surface area contributed by atoms with Gasteiger partial charge in [-0.05, 0) is 24.3 Å². The first-order chi connectivity index (χ1) is 16.1. The van der Waals surface area contributed by atoms with Crippen molar-refractivity contribution in [2.75, 3.05) is 18.4 Å². The van der Waals surface area contributed by atoms with Crippen LogP contribution in [0.3, 0.4) is 0 Å². The van der Waals surface area contributed by atoms with Crippen molar-refractivity contribution in [1.82, 2.24) is 9.88 Å². The summed E-state index contributed by atoms with van der Waals surface area (Å²) in [6.07, 6.45) is -4.20. The lowest BCUT2D eigenvalue weighted by molar-refractivity contribution is -0.137. The Bertz CT molecular complexity index is 1190. The van der Waals surface area contributed by atoms with Crippen molar-refractivity contribution in [3.8, 4) is 11.3 Å². The average Bonchev–Trinajstić information content (AvgIpc) is 3.27. The number of aromatic nitrogens is 1. The van der Waals surface area contributed by atoms with Gasteiger partial charge in [0, 0.05) is 37.2 Å². The van der Waals surface area contributed by atoms with Crippen molar-refractivity contribution >= 4 is 29.0 Å². The number of alkyl halides is 3. The summed E-state index contributed by atoms with van der Waals surface area (Å²) < 4.78 is 38.1. The fourth-order valence-corrected chi connectivity index (χ4v) is 4.77. The van der Waals surface area contributed by atoms with Gasteiger partial charge in [-0.3, -0.25) is 0 Å². The Labute approximate surface area is 196 Å². The maximum absolute atomic E-state index is 12.7. The number of hydrogen-bond acceptors (Lipinski definition) is 5. The first-order valence-electron chi connectivity index (χ1n) is 10.3. The van der Waals surface area contributed by atoms with Crippen molar-refractivity contribution in [3.63, 3.8) is 0 Å². The number of urea groups is 1. The number of aromatic carboxylic acids is 1. The molecule has 1 aliphatic heterocycles. The Morgan fingerprint density at radius 3 is 2.21 bits per heavy atom. The molecule has 178 valence electrons. The Kier molecular flexibility index (Phi) is 6.32. The molecule has 34 heavy (non-hydrogen) atoms. The molecule has 0 spiro atoms. The number of nitrogens with one attached hydrogen (secondary N) is 1. The fourth-order valence-electron chi connectivity index (χ4n) is 3.69. The number of nitrogens with zero attached hydrogens (tertiary/aromatic N) is 2. The lowest BCUT2D eigenvalue weighted by Gasteiger charge is -2.36. The second-order valence-corrected chi connectivity index (χ2v) is 8.89. The van der Waals surface area contributed by atoms with E-state index in [0.29, 0.717) is 5.56 Å². The average molecular weight is 491 g/mol. The van der Waals surface area contributed by atoms with E-state index in [0.717, 1.165) is 23.5 Å². The van der Waals surface area contributed by atoms with E-state index < -0.39 is 29.3 Å². The molecule has 0 saturated carbocycles. The Morgan fingerprint density at radius 1 is 1.03 bits per heavy atom. The molecular weight excluding hydrogens is 471 g/mol. The van der Waals surface area contributed by atoms with Gasteiger partial charge >= 0.3 is 18.2 Å². The molecule has 0 atom stereocenters. The van der Waals surface area contributed by atoms with Crippen LogP contribution < -0.4 is 5.32 Å². The number of rotatable bonds is 4. The number of thiazole rings is 1. The molecular formula is C23H20F3N3O4S. The summed E-state index contributed by atoms with van der Waals surface area (Å²) in [7, 11) is 0. The van der Waals surface area contributed by atoms with Gasteiger partial charge in [0.05, 0.1) is 11.3 Å². The zero-order valence-electron chi connectivity index (χ0n) is 17.7. The maximum Gasteiger partial charge on any atom is 0.416 e. The standard InChI is InChI=1S/C23H20F3N3O4S/c24-23(25,26)15-6-8-16(9-7-15)27-21(32)29-12-10-22(33,11-13-29)20-28-17(18(34-20)19(30)31)14-4-2-1-3-5-14/h1-9,33H,10-13H2,(H,27,32)(H,30,31). The number of carbonyl (C=O) groups is 2. The number of likely N-dealkylation sites (tertiary alicyclic amines) is 1. The molecule has 4 rings (SSSR count). The summed E-state index contributed by atoms with van der Waals surface area (Å²) in [4.78, 5) is 30.2. The van der Waals surface area contributed by atoms with Gasteiger partial charge in [-0.1, -0.05) is 30.3 Å². The molecule has 1 saturated heterocycles. The van der Waals surface area contributed by atoms with Crippen LogP contribution >= 0.6 is 11.3 Å². The number of carbonyl (C=O) groups excluding carboxylic acids is 1. The van der Waals surface area contributed by atoms with Crippen LogP contribution in [-0.4, -0.2) is 45.2 Å². The zero-order valence-corrected chi connectivity index (χ0v) is 18.5. The van der Waals surface area contributed by atoms with E-state index in [4.69, 9.17) is 0 Å². The van der Waals surface area contributed by atoms with E-state index >= 15 is 0 Å². The summed E-state index contributed by atoms with van der Waals surface area (Å²) >= 11 is 0.912. The van der Waals surface area contributed by atoms with Gasteiger partial charge in [-0.15, -0.1) is 11.3 Å². The molecule has 0 aliphatic carbocycles. The summed E-state index contributed by atoms with van der Waals surface area (Å²) in [6.45, 7) is 0.317. The first-order valence-corrected chi connectivity index (χ1v) is 11.1. The monoisotopic (exact) mass is 491 g/mol. The minimum Gasteiger partial charge on any atom is -0.477 e. The van der Waals surface area contributed by atoms with Crippen LogP contribution in [0.1, 0.15) is 33.1 Å². The van der Waals surface area contributed by atoms with Crippen molar-refractivity contribution in [3.05, 3.63) is 70.0 Å². The van der Waals surface area contributed by atoms with Crippen molar-refractivity contribution in [2.24, 2.45) is 0 Å². The number of amides is 2. The van der Waals surface area contributed by atoms with Crippen molar-refractivity contribution in [2.45, 2.75) is 24.6 Å². The van der Waals surface area contributed by atoms with E-state index in [-0.39, 0.29) is 47.2 Å². The molecule has 2 amide bonds. The highest BCUT2D eigenvalue weighted by Crippen LogP contribution is 2.39. The number of anilines is 1. The smallest absolute Gasteiger partial charge is 0.416 e. The molecule has 0 radical (unpaired) electrons. The van der Waals surface area contributed by atoms with Gasteiger partial charge in [0.25, 0.3) is 0 Å². The van der Waals surface area contributed by atoms with E-state index in [1.54, 1.807) is 30.3 Å². The maximum atomic E-state index is 12.7. The molecule has 7 nitrogen and oxygen atoms in total. The highest BCUT2D eigenvalue weighted by atomic mass is 32.1. The van der Waals surface area contributed by atoms with E-state index in [2.05, 4.69) is 10.3 Å². The van der Waals surface area contributed by atoms with Crippen LogP contribution in [0.25, 0.3) is 11.3 Å². The summed E-state index contributed by atoms with van der Waals surface area (Å²) in [5.74, 6) is -1.14. The third-order valence-corrected chi connectivity index (χ3v) is 6.84. The molecule has 1 aromatic heterocycles. The lowest BCUT2D eigenvalue weighted by atomic mass is 9.92. The van der Waals surface area contributed by atoms with Crippen LogP contribution in [-0.2, 0) is 11.8 Å². The number of aliphatic hydroxyl groups is 1. The minimum atomic E-state index is -4.46. The normalized spacial score (nSPS) is 15.7. The number of halogens is 3. The molecule has 3 aromatic rings. The van der Waals surface area contributed by atoms with Crippen LogP contribution in [0.2, 0.25) is 0 Å². The summed E-state index contributed by atoms with van der Waals surface area (Å²) in [6, 6.07) is 12.4. The molecule has 3 N–H and O–H groups in total. The van der Waals surface area contributed by atoms with Crippen molar-refractivity contribution < 1.29 is 33.0 Å². The number of benzene rings is 2. The van der Waals surface area contributed by atoms with Gasteiger partial charge in [-0.2, -0.15) is 13.2 Å². The highest BCUT2D eigenvalue weighted by molar-refractivity contribution is 7.14. The lowest BCUT2D eigenvalue weighted by Crippen LogP contribution is -2.46. The zero-order chi connectivity index (χ0) is 24.5. The Balaban J connectivity index is 1.44. The molecule has 0 bridgehead atoms. The number of hydrogen-bond donors (Lipinski definition) is 3. The predicted molar refractivity (Wildman–Crippen MR) is 120 cm³/mol.